The summed E-state index contributed by atoms with van der Waals surface area (Å²) in [6.45, 7) is 2.61. The van der Waals surface area contributed by atoms with E-state index in [1.165, 1.54) is 4.90 Å². The molecular formula is C15H19F2N3O4. The molecule has 0 spiro atoms. The number of ether oxygens (including phenoxy) is 1. The number of nitrogens with zero attached hydrogens (tertiary/aromatic N) is 3. The van der Waals surface area contributed by atoms with Crippen molar-refractivity contribution in [3.8, 4) is 0 Å². The van der Waals surface area contributed by atoms with Gasteiger partial charge in [0.1, 0.15) is 0 Å². The van der Waals surface area contributed by atoms with Crippen LogP contribution in [0.25, 0.3) is 0 Å². The van der Waals surface area contributed by atoms with E-state index in [9.17, 15) is 18.4 Å². The molecule has 3 fully saturated rings. The summed E-state index contributed by atoms with van der Waals surface area (Å²) in [6.07, 6.45) is -1.12. The number of hydrogen-bond donors (Lipinski definition) is 0. The molecule has 0 radical (unpaired) electrons. The fourth-order valence-corrected chi connectivity index (χ4v) is 3.74. The second-order valence-electron chi connectivity index (χ2n) is 6.84. The van der Waals surface area contributed by atoms with Crippen molar-refractivity contribution < 1.29 is 27.9 Å². The summed E-state index contributed by atoms with van der Waals surface area (Å²) in [5, 5.41) is 3.92. The number of carbonyl (C=O) groups is 2. The van der Waals surface area contributed by atoms with Gasteiger partial charge in [0, 0.05) is 38.4 Å². The smallest absolute Gasteiger partial charge is 0.272 e. The van der Waals surface area contributed by atoms with E-state index in [1.54, 1.807) is 4.90 Å². The minimum Gasteiger partial charge on any atom is -0.389 e. The first-order valence-corrected chi connectivity index (χ1v) is 8.22. The Morgan fingerprint density at radius 3 is 2.50 bits per heavy atom. The van der Waals surface area contributed by atoms with Gasteiger partial charge in [0.2, 0.25) is 11.8 Å². The van der Waals surface area contributed by atoms with E-state index in [-0.39, 0.29) is 36.7 Å². The maximum absolute atomic E-state index is 13.0. The number of fused-ring (bicyclic) bond motifs is 1. The number of amides is 2. The second kappa shape index (κ2) is 5.65. The Morgan fingerprint density at radius 2 is 1.83 bits per heavy atom. The second-order valence-corrected chi connectivity index (χ2v) is 6.84. The van der Waals surface area contributed by atoms with E-state index >= 15 is 0 Å². The van der Waals surface area contributed by atoms with E-state index in [0.717, 1.165) is 0 Å². The van der Waals surface area contributed by atoms with Gasteiger partial charge in [0.15, 0.2) is 11.8 Å². The van der Waals surface area contributed by atoms with Gasteiger partial charge in [-0.1, -0.05) is 5.16 Å². The molecule has 0 N–H and O–H groups in total. The lowest BCUT2D eigenvalue weighted by Crippen LogP contribution is -2.47. The Bertz CT molecular complexity index is 583. The first-order chi connectivity index (χ1) is 11.4. The van der Waals surface area contributed by atoms with Crippen LogP contribution in [0.3, 0.4) is 0 Å². The van der Waals surface area contributed by atoms with Crippen LogP contribution in [-0.2, 0) is 19.2 Å². The summed E-state index contributed by atoms with van der Waals surface area (Å²) in [5.41, 5.74) is 0.330. The molecule has 2 amide bonds. The Balaban J connectivity index is 1.38. The molecule has 0 unspecified atom stereocenters. The summed E-state index contributed by atoms with van der Waals surface area (Å²) in [5.74, 6) is -4.06. The average molecular weight is 343 g/mol. The largest absolute Gasteiger partial charge is 0.389 e. The average Bonchev–Trinajstić information content (AvgIpc) is 3.12. The lowest BCUT2D eigenvalue weighted by Gasteiger charge is -2.36. The Morgan fingerprint density at radius 1 is 1.12 bits per heavy atom. The lowest BCUT2D eigenvalue weighted by molar-refractivity contribution is -0.159. The van der Waals surface area contributed by atoms with Crippen LogP contribution in [0.5, 0.6) is 0 Å². The number of carbonyl (C=O) groups excluding carboxylic acids is 2. The molecule has 3 aliphatic heterocycles. The van der Waals surface area contributed by atoms with E-state index < -0.39 is 11.8 Å². The number of rotatable bonds is 2. The minimum atomic E-state index is -2.72. The summed E-state index contributed by atoms with van der Waals surface area (Å²) in [6, 6.07) is 0. The maximum atomic E-state index is 13.0. The predicted molar refractivity (Wildman–Crippen MR) is 77.4 cm³/mol. The fourth-order valence-electron chi connectivity index (χ4n) is 3.74. The van der Waals surface area contributed by atoms with Crippen LogP contribution in [0.4, 0.5) is 8.78 Å². The number of morpholine rings is 1. The SMILES string of the molecule is O=C(C1=NO[C@@H]2CN(C(=O)C3CC(F)(F)C3)C[C@H]12)N1CCOCC1. The molecule has 4 aliphatic rings. The van der Waals surface area contributed by atoms with Crippen molar-refractivity contribution in [3.63, 3.8) is 0 Å². The van der Waals surface area contributed by atoms with Gasteiger partial charge in [0.05, 0.1) is 25.7 Å². The summed E-state index contributed by atoms with van der Waals surface area (Å²) in [4.78, 5) is 33.4. The van der Waals surface area contributed by atoms with Crippen molar-refractivity contribution in [2.24, 2.45) is 17.0 Å². The van der Waals surface area contributed by atoms with Gasteiger partial charge in [0.25, 0.3) is 5.91 Å². The van der Waals surface area contributed by atoms with E-state index in [2.05, 4.69) is 5.16 Å². The summed E-state index contributed by atoms with van der Waals surface area (Å²) in [7, 11) is 0. The highest BCUT2D eigenvalue weighted by Gasteiger charge is 2.53. The molecule has 1 saturated carbocycles. The standard InChI is InChI=1S/C15H19F2N3O4/c16-15(17)5-9(6-15)13(21)20-7-10-11(8-20)24-18-12(10)14(22)19-1-3-23-4-2-19/h9-11H,1-8H2/t10-,11+/m0/s1. The topological polar surface area (TPSA) is 71.4 Å². The van der Waals surface area contributed by atoms with Crippen molar-refractivity contribution in [1.29, 1.82) is 0 Å². The van der Waals surface area contributed by atoms with Gasteiger partial charge < -0.3 is 19.4 Å². The molecule has 2 atom stereocenters. The zero-order valence-electron chi connectivity index (χ0n) is 13.1. The first kappa shape index (κ1) is 15.7. The third-order valence-electron chi connectivity index (χ3n) is 5.17. The maximum Gasteiger partial charge on any atom is 0.272 e. The highest BCUT2D eigenvalue weighted by Crippen LogP contribution is 2.44. The van der Waals surface area contributed by atoms with Gasteiger partial charge in [-0.15, -0.1) is 0 Å². The van der Waals surface area contributed by atoms with Crippen molar-refractivity contribution in [2.75, 3.05) is 39.4 Å². The number of likely N-dealkylation sites (tertiary alicyclic amines) is 1. The molecule has 3 heterocycles. The molecule has 0 aromatic rings. The zero-order chi connectivity index (χ0) is 16.9. The normalized spacial score (nSPS) is 32.0. The van der Waals surface area contributed by atoms with Crippen molar-refractivity contribution in [2.45, 2.75) is 24.9 Å². The van der Waals surface area contributed by atoms with Crippen molar-refractivity contribution in [3.05, 3.63) is 0 Å². The number of halogens is 2. The number of hydrogen-bond acceptors (Lipinski definition) is 5. The van der Waals surface area contributed by atoms with Crippen LogP contribution in [0.2, 0.25) is 0 Å². The molecule has 1 aliphatic carbocycles. The Hall–Kier alpha value is -1.77. The summed E-state index contributed by atoms with van der Waals surface area (Å²) >= 11 is 0. The third kappa shape index (κ3) is 2.64. The van der Waals surface area contributed by atoms with Crippen LogP contribution in [0, 0.1) is 11.8 Å². The fraction of sp³-hybridized carbons (Fsp3) is 0.800. The van der Waals surface area contributed by atoms with Crippen LogP contribution < -0.4 is 0 Å². The van der Waals surface area contributed by atoms with Gasteiger partial charge in [-0.05, 0) is 0 Å². The quantitative estimate of drug-likeness (QED) is 0.713. The molecular weight excluding hydrogens is 324 g/mol. The molecule has 2 saturated heterocycles. The number of oxime groups is 1. The van der Waals surface area contributed by atoms with Crippen LogP contribution in [0.1, 0.15) is 12.8 Å². The number of alkyl halides is 2. The third-order valence-corrected chi connectivity index (χ3v) is 5.17. The molecule has 132 valence electrons. The Kier molecular flexibility index (Phi) is 3.70. The van der Waals surface area contributed by atoms with Gasteiger partial charge in [-0.3, -0.25) is 9.59 Å². The van der Waals surface area contributed by atoms with E-state index in [0.29, 0.717) is 45.1 Å². The molecule has 9 heteroatoms. The Labute approximate surface area is 137 Å². The van der Waals surface area contributed by atoms with Crippen LogP contribution in [-0.4, -0.2) is 78.7 Å². The van der Waals surface area contributed by atoms with Gasteiger partial charge in [-0.2, -0.15) is 0 Å². The summed E-state index contributed by atoms with van der Waals surface area (Å²) < 4.78 is 31.2. The molecule has 0 aromatic heterocycles. The van der Waals surface area contributed by atoms with Crippen LogP contribution >= 0.6 is 0 Å². The van der Waals surface area contributed by atoms with E-state index in [4.69, 9.17) is 9.57 Å². The lowest BCUT2D eigenvalue weighted by atomic mass is 9.80. The van der Waals surface area contributed by atoms with Crippen LogP contribution in [0.15, 0.2) is 5.16 Å². The first-order valence-electron chi connectivity index (χ1n) is 8.22. The van der Waals surface area contributed by atoms with Crippen molar-refractivity contribution >= 4 is 17.5 Å². The van der Waals surface area contributed by atoms with E-state index in [1.807, 2.05) is 0 Å². The molecule has 0 aromatic carbocycles. The minimum absolute atomic E-state index is 0.185. The highest BCUT2D eigenvalue weighted by atomic mass is 19.3. The monoisotopic (exact) mass is 343 g/mol. The highest BCUT2D eigenvalue weighted by molar-refractivity contribution is 6.40. The molecule has 24 heavy (non-hydrogen) atoms. The van der Waals surface area contributed by atoms with Gasteiger partial charge >= 0.3 is 0 Å². The zero-order valence-corrected chi connectivity index (χ0v) is 13.1. The van der Waals surface area contributed by atoms with Crippen molar-refractivity contribution in [1.82, 2.24) is 9.80 Å². The molecule has 7 nitrogen and oxygen atoms in total. The predicted octanol–water partition coefficient (Wildman–Crippen LogP) is 0.104. The van der Waals surface area contributed by atoms with Gasteiger partial charge in [-0.25, -0.2) is 8.78 Å². The molecule has 4 rings (SSSR count). The molecule has 0 bridgehead atoms.